The number of halogens is 1. The first kappa shape index (κ1) is 11.2. The van der Waals surface area contributed by atoms with E-state index in [9.17, 15) is 0 Å². The van der Waals surface area contributed by atoms with Gasteiger partial charge in [0.1, 0.15) is 0 Å². The predicted molar refractivity (Wildman–Crippen MR) is 74.7 cm³/mol. The molecule has 0 saturated carbocycles. The summed E-state index contributed by atoms with van der Waals surface area (Å²) >= 11 is 5.98. The molecule has 18 heavy (non-hydrogen) atoms. The molecule has 0 aliphatic rings. The molecule has 88 valence electrons. The molecule has 0 amide bonds. The van der Waals surface area contributed by atoms with Crippen LogP contribution in [0.25, 0.3) is 22.3 Å². The van der Waals surface area contributed by atoms with Crippen molar-refractivity contribution in [1.29, 1.82) is 0 Å². The van der Waals surface area contributed by atoms with E-state index in [1.807, 2.05) is 36.5 Å². The molecule has 0 fully saturated rings. The summed E-state index contributed by atoms with van der Waals surface area (Å²) in [4.78, 5) is 8.92. The summed E-state index contributed by atoms with van der Waals surface area (Å²) in [5.41, 5.74) is 3.11. The summed E-state index contributed by atoms with van der Waals surface area (Å²) < 4.78 is 0. The fourth-order valence-electron chi connectivity index (χ4n) is 1.84. The van der Waals surface area contributed by atoms with E-state index in [4.69, 9.17) is 11.6 Å². The quantitative estimate of drug-likeness (QED) is 0.648. The molecule has 0 aliphatic heterocycles. The van der Waals surface area contributed by atoms with E-state index in [0.717, 1.165) is 22.3 Å². The summed E-state index contributed by atoms with van der Waals surface area (Å²) in [6, 6.07) is 13.8. The van der Waals surface area contributed by atoms with Gasteiger partial charge in [0.15, 0.2) is 5.82 Å². The largest absolute Gasteiger partial charge is 0.236 e. The highest BCUT2D eigenvalue weighted by Gasteiger charge is 2.03. The van der Waals surface area contributed by atoms with Crippen LogP contribution in [0.5, 0.6) is 0 Å². The fourth-order valence-corrected chi connectivity index (χ4v) is 2.00. The monoisotopic (exact) mass is 254 g/mol. The van der Waals surface area contributed by atoms with Gasteiger partial charge < -0.3 is 0 Å². The Labute approximate surface area is 110 Å². The zero-order valence-electron chi connectivity index (χ0n) is 9.89. The van der Waals surface area contributed by atoms with Crippen LogP contribution in [-0.4, -0.2) is 9.97 Å². The molecule has 0 saturated heterocycles. The van der Waals surface area contributed by atoms with Crippen LogP contribution in [0.15, 0.2) is 48.7 Å². The van der Waals surface area contributed by atoms with Gasteiger partial charge in [-0.1, -0.05) is 41.4 Å². The molecule has 3 rings (SSSR count). The average molecular weight is 255 g/mol. The van der Waals surface area contributed by atoms with Crippen molar-refractivity contribution in [2.75, 3.05) is 0 Å². The zero-order chi connectivity index (χ0) is 12.5. The Hall–Kier alpha value is -1.93. The van der Waals surface area contributed by atoms with Crippen LogP contribution in [0.4, 0.5) is 0 Å². The second-order valence-electron chi connectivity index (χ2n) is 4.26. The maximum atomic E-state index is 5.98. The molecule has 0 unspecified atom stereocenters. The minimum atomic E-state index is 0.691. The van der Waals surface area contributed by atoms with Gasteiger partial charge in [0.2, 0.25) is 0 Å². The van der Waals surface area contributed by atoms with Gasteiger partial charge in [-0.3, -0.25) is 0 Å². The van der Waals surface area contributed by atoms with Crippen LogP contribution in [0, 0.1) is 6.92 Å². The molecule has 1 heterocycles. The van der Waals surface area contributed by atoms with Gasteiger partial charge in [-0.05, 0) is 25.1 Å². The lowest BCUT2D eigenvalue weighted by atomic mass is 10.1. The highest BCUT2D eigenvalue weighted by atomic mass is 35.5. The highest BCUT2D eigenvalue weighted by molar-refractivity contribution is 6.31. The number of aryl methyl sites for hydroxylation is 1. The third kappa shape index (κ3) is 2.07. The van der Waals surface area contributed by atoms with Gasteiger partial charge >= 0.3 is 0 Å². The molecule has 0 radical (unpaired) electrons. The van der Waals surface area contributed by atoms with Crippen LogP contribution < -0.4 is 0 Å². The lowest BCUT2D eigenvalue weighted by Crippen LogP contribution is -1.89. The molecule has 3 heteroatoms. The standard InChI is InChI=1S/C15H11ClN2/c1-10-2-4-11(5-3-10)15-17-9-12-6-7-13(16)8-14(12)18-15/h2-9H,1H3. The summed E-state index contributed by atoms with van der Waals surface area (Å²) in [6.45, 7) is 2.06. The van der Waals surface area contributed by atoms with Gasteiger partial charge in [0.05, 0.1) is 5.52 Å². The Balaban J connectivity index is 2.15. The van der Waals surface area contributed by atoms with E-state index in [2.05, 4.69) is 29.0 Å². The van der Waals surface area contributed by atoms with Crippen molar-refractivity contribution >= 4 is 22.5 Å². The van der Waals surface area contributed by atoms with Crippen LogP contribution in [0.2, 0.25) is 5.02 Å². The second-order valence-corrected chi connectivity index (χ2v) is 4.70. The van der Waals surface area contributed by atoms with Crippen molar-refractivity contribution in [1.82, 2.24) is 9.97 Å². The molecule has 2 aromatic carbocycles. The summed E-state index contributed by atoms with van der Waals surface area (Å²) in [6.07, 6.45) is 1.83. The van der Waals surface area contributed by atoms with Crippen molar-refractivity contribution < 1.29 is 0 Å². The van der Waals surface area contributed by atoms with Gasteiger partial charge in [-0.15, -0.1) is 0 Å². The molecule has 0 N–H and O–H groups in total. The first-order valence-electron chi connectivity index (χ1n) is 5.72. The highest BCUT2D eigenvalue weighted by Crippen LogP contribution is 2.21. The minimum absolute atomic E-state index is 0.691. The number of nitrogens with zero attached hydrogens (tertiary/aromatic N) is 2. The van der Waals surface area contributed by atoms with E-state index >= 15 is 0 Å². The molecular formula is C15H11ClN2. The molecule has 0 bridgehead atoms. The van der Waals surface area contributed by atoms with Crippen LogP contribution in [0.1, 0.15) is 5.56 Å². The molecular weight excluding hydrogens is 244 g/mol. The number of benzene rings is 2. The molecule has 0 spiro atoms. The van der Waals surface area contributed by atoms with Crippen LogP contribution in [-0.2, 0) is 0 Å². The lowest BCUT2D eigenvalue weighted by Gasteiger charge is -2.03. The Morgan fingerprint density at radius 1 is 1.00 bits per heavy atom. The van der Waals surface area contributed by atoms with Crippen LogP contribution >= 0.6 is 11.6 Å². The average Bonchev–Trinajstić information content (AvgIpc) is 2.38. The Kier molecular flexibility index (Phi) is 2.73. The zero-order valence-corrected chi connectivity index (χ0v) is 10.6. The summed E-state index contributed by atoms with van der Waals surface area (Å²) in [5.74, 6) is 0.727. The first-order valence-corrected chi connectivity index (χ1v) is 6.09. The maximum Gasteiger partial charge on any atom is 0.159 e. The van der Waals surface area contributed by atoms with Gasteiger partial charge in [-0.2, -0.15) is 0 Å². The van der Waals surface area contributed by atoms with Crippen molar-refractivity contribution in [3.8, 4) is 11.4 Å². The van der Waals surface area contributed by atoms with Gasteiger partial charge in [-0.25, -0.2) is 9.97 Å². The van der Waals surface area contributed by atoms with Crippen molar-refractivity contribution in [2.45, 2.75) is 6.92 Å². The second kappa shape index (κ2) is 4.39. The van der Waals surface area contributed by atoms with E-state index in [1.165, 1.54) is 5.56 Å². The van der Waals surface area contributed by atoms with E-state index in [-0.39, 0.29) is 0 Å². The lowest BCUT2D eigenvalue weighted by molar-refractivity contribution is 1.22. The van der Waals surface area contributed by atoms with E-state index < -0.39 is 0 Å². The van der Waals surface area contributed by atoms with E-state index in [0.29, 0.717) is 5.02 Å². The first-order chi connectivity index (χ1) is 8.72. The topological polar surface area (TPSA) is 25.8 Å². The normalized spacial score (nSPS) is 10.8. The Morgan fingerprint density at radius 3 is 2.56 bits per heavy atom. The summed E-state index contributed by atoms with van der Waals surface area (Å²) in [7, 11) is 0. The number of fused-ring (bicyclic) bond motifs is 1. The van der Waals surface area contributed by atoms with Crippen LogP contribution in [0.3, 0.4) is 0 Å². The smallest absolute Gasteiger partial charge is 0.159 e. The molecule has 2 nitrogen and oxygen atoms in total. The van der Waals surface area contributed by atoms with Gasteiger partial charge in [0.25, 0.3) is 0 Å². The molecule has 0 aliphatic carbocycles. The Morgan fingerprint density at radius 2 is 1.78 bits per heavy atom. The SMILES string of the molecule is Cc1ccc(-c2ncc3ccc(Cl)cc3n2)cc1. The molecule has 3 aromatic rings. The third-order valence-corrected chi connectivity index (χ3v) is 3.09. The maximum absolute atomic E-state index is 5.98. The Bertz CT molecular complexity index is 705. The van der Waals surface area contributed by atoms with Gasteiger partial charge in [0, 0.05) is 22.2 Å². The summed E-state index contributed by atoms with van der Waals surface area (Å²) in [5, 5.41) is 1.69. The van der Waals surface area contributed by atoms with E-state index in [1.54, 1.807) is 0 Å². The number of hydrogen-bond donors (Lipinski definition) is 0. The predicted octanol–water partition coefficient (Wildman–Crippen LogP) is 4.26. The van der Waals surface area contributed by atoms with Crippen molar-refractivity contribution in [3.63, 3.8) is 0 Å². The molecule has 0 atom stereocenters. The van der Waals surface area contributed by atoms with Crippen molar-refractivity contribution in [2.24, 2.45) is 0 Å². The molecule has 1 aromatic heterocycles. The number of rotatable bonds is 1. The minimum Gasteiger partial charge on any atom is -0.236 e. The number of hydrogen-bond acceptors (Lipinski definition) is 2. The third-order valence-electron chi connectivity index (χ3n) is 2.85. The number of aromatic nitrogens is 2. The van der Waals surface area contributed by atoms with Crippen molar-refractivity contribution in [3.05, 3.63) is 59.2 Å². The fraction of sp³-hybridized carbons (Fsp3) is 0.0667.